The monoisotopic (exact) mass is 432 g/mol. The largest absolute Gasteiger partial charge is 0.457 e. The third-order valence-electron chi connectivity index (χ3n) is 4.26. The highest BCUT2D eigenvalue weighted by Crippen LogP contribution is 2.28. The summed E-state index contributed by atoms with van der Waals surface area (Å²) in [7, 11) is 0. The molecule has 30 heavy (non-hydrogen) atoms. The van der Waals surface area contributed by atoms with Crippen LogP contribution in [0.4, 0.5) is 5.13 Å². The molecule has 0 bridgehead atoms. The van der Waals surface area contributed by atoms with Gasteiger partial charge in [0.15, 0.2) is 5.13 Å². The Hall–Kier alpha value is -3.09. The van der Waals surface area contributed by atoms with Gasteiger partial charge in [0.05, 0.1) is 5.69 Å². The number of amides is 1. The molecule has 0 radical (unpaired) electrons. The quantitative estimate of drug-likeness (QED) is 0.321. The second-order valence-electron chi connectivity index (χ2n) is 6.39. The summed E-state index contributed by atoms with van der Waals surface area (Å²) in [5.74, 6) is 2.38. The number of nitrogens with zero attached hydrogens (tertiary/aromatic N) is 1. The maximum Gasteiger partial charge on any atom is 0.257 e. The number of thioether (sulfide) groups is 1. The van der Waals surface area contributed by atoms with Crippen LogP contribution < -0.4 is 10.1 Å². The highest BCUT2D eigenvalue weighted by Gasteiger charge is 2.11. The number of para-hydroxylation sites is 1. The molecular weight excluding hydrogens is 412 g/mol. The van der Waals surface area contributed by atoms with Crippen LogP contribution in [0.15, 0.2) is 89.1 Å². The van der Waals surface area contributed by atoms with E-state index in [0.29, 0.717) is 10.7 Å². The van der Waals surface area contributed by atoms with Gasteiger partial charge in [0, 0.05) is 21.4 Å². The molecule has 0 aliphatic rings. The maximum atomic E-state index is 12.6. The number of ether oxygens (including phenoxy) is 1. The van der Waals surface area contributed by atoms with Gasteiger partial charge in [-0.15, -0.1) is 23.1 Å². The summed E-state index contributed by atoms with van der Waals surface area (Å²) in [6, 6.07) is 25.1. The summed E-state index contributed by atoms with van der Waals surface area (Å²) in [6.45, 7) is 2.09. The third kappa shape index (κ3) is 5.09. The zero-order chi connectivity index (χ0) is 20.8. The van der Waals surface area contributed by atoms with Crippen LogP contribution >= 0.6 is 23.1 Å². The number of anilines is 1. The van der Waals surface area contributed by atoms with Crippen LogP contribution in [0.1, 0.15) is 17.3 Å². The van der Waals surface area contributed by atoms with E-state index in [0.717, 1.165) is 33.4 Å². The third-order valence-corrected chi connectivity index (χ3v) is 5.89. The van der Waals surface area contributed by atoms with Crippen LogP contribution in [0.25, 0.3) is 11.3 Å². The highest BCUT2D eigenvalue weighted by molar-refractivity contribution is 7.99. The Kier molecular flexibility index (Phi) is 6.47. The second kappa shape index (κ2) is 9.61. The first kappa shape index (κ1) is 20.2. The van der Waals surface area contributed by atoms with Crippen molar-refractivity contribution in [2.24, 2.45) is 0 Å². The van der Waals surface area contributed by atoms with E-state index >= 15 is 0 Å². The number of carbonyl (C=O) groups is 1. The molecule has 1 heterocycles. The van der Waals surface area contributed by atoms with E-state index < -0.39 is 0 Å². The van der Waals surface area contributed by atoms with Gasteiger partial charge in [0.2, 0.25) is 0 Å². The summed E-state index contributed by atoms with van der Waals surface area (Å²) in [6.07, 6.45) is 0. The lowest BCUT2D eigenvalue weighted by Gasteiger charge is -2.06. The molecule has 150 valence electrons. The summed E-state index contributed by atoms with van der Waals surface area (Å²) in [5, 5.41) is 5.41. The number of aromatic nitrogens is 1. The Bertz CT molecular complexity index is 1130. The predicted octanol–water partition coefficient (Wildman–Crippen LogP) is 6.97. The van der Waals surface area contributed by atoms with E-state index in [9.17, 15) is 4.79 Å². The summed E-state index contributed by atoms with van der Waals surface area (Å²) >= 11 is 3.12. The molecule has 0 saturated heterocycles. The van der Waals surface area contributed by atoms with Gasteiger partial charge >= 0.3 is 0 Å². The van der Waals surface area contributed by atoms with E-state index in [-0.39, 0.29) is 5.91 Å². The number of thiazole rings is 1. The molecule has 4 nitrogen and oxygen atoms in total. The minimum absolute atomic E-state index is 0.152. The Labute approximate surface area is 184 Å². The van der Waals surface area contributed by atoms with Crippen molar-refractivity contribution in [1.29, 1.82) is 0 Å². The van der Waals surface area contributed by atoms with Crippen molar-refractivity contribution in [2.75, 3.05) is 11.1 Å². The van der Waals surface area contributed by atoms with Crippen LogP contribution in [-0.2, 0) is 0 Å². The number of carbonyl (C=O) groups excluding carboxylic acids is 1. The van der Waals surface area contributed by atoms with Crippen molar-refractivity contribution < 1.29 is 9.53 Å². The molecule has 0 unspecified atom stereocenters. The van der Waals surface area contributed by atoms with Crippen molar-refractivity contribution in [1.82, 2.24) is 4.98 Å². The summed E-state index contributed by atoms with van der Waals surface area (Å²) < 4.78 is 5.83. The number of hydrogen-bond acceptors (Lipinski definition) is 5. The van der Waals surface area contributed by atoms with Gasteiger partial charge in [-0.2, -0.15) is 0 Å². The van der Waals surface area contributed by atoms with Crippen molar-refractivity contribution in [2.45, 2.75) is 11.8 Å². The number of benzene rings is 3. The lowest BCUT2D eigenvalue weighted by atomic mass is 10.2. The molecule has 1 amide bonds. The molecule has 6 heteroatoms. The molecule has 0 atom stereocenters. The Morgan fingerprint density at radius 2 is 1.77 bits per heavy atom. The van der Waals surface area contributed by atoms with E-state index in [1.165, 1.54) is 11.3 Å². The van der Waals surface area contributed by atoms with Crippen LogP contribution in [0.5, 0.6) is 11.5 Å². The second-order valence-corrected chi connectivity index (χ2v) is 8.59. The van der Waals surface area contributed by atoms with Crippen molar-refractivity contribution in [3.63, 3.8) is 0 Å². The first-order valence-electron chi connectivity index (χ1n) is 9.54. The molecule has 3 aromatic carbocycles. The van der Waals surface area contributed by atoms with Crippen LogP contribution in [0.2, 0.25) is 0 Å². The average molecular weight is 433 g/mol. The zero-order valence-corrected chi connectivity index (χ0v) is 18.0. The standard InChI is InChI=1S/C24H20N2O2S2/c1-2-29-21-10-6-7-18(15-21)23(27)26-24-25-22(16-30-24)17-11-13-20(14-12-17)28-19-8-4-3-5-9-19/h3-16H,2H2,1H3,(H,25,26,27). The fraction of sp³-hybridized carbons (Fsp3) is 0.0833. The minimum Gasteiger partial charge on any atom is -0.457 e. The molecule has 0 aliphatic carbocycles. The average Bonchev–Trinajstić information content (AvgIpc) is 3.24. The highest BCUT2D eigenvalue weighted by atomic mass is 32.2. The summed E-state index contributed by atoms with van der Waals surface area (Å²) in [4.78, 5) is 18.2. The van der Waals surface area contributed by atoms with Gasteiger partial charge < -0.3 is 4.74 Å². The van der Waals surface area contributed by atoms with E-state index in [2.05, 4.69) is 17.2 Å². The topological polar surface area (TPSA) is 51.2 Å². The molecular formula is C24H20N2O2S2. The number of rotatable bonds is 7. The SMILES string of the molecule is CCSc1cccc(C(=O)Nc2nc(-c3ccc(Oc4ccccc4)cc3)cs2)c1. The Morgan fingerprint density at radius 1 is 1.00 bits per heavy atom. The Balaban J connectivity index is 1.42. The molecule has 1 aromatic heterocycles. The molecule has 4 rings (SSSR count). The first-order valence-corrected chi connectivity index (χ1v) is 11.4. The minimum atomic E-state index is -0.152. The zero-order valence-electron chi connectivity index (χ0n) is 16.4. The maximum absolute atomic E-state index is 12.6. The van der Waals surface area contributed by atoms with Gasteiger partial charge in [-0.25, -0.2) is 4.98 Å². The van der Waals surface area contributed by atoms with E-state index in [1.54, 1.807) is 11.8 Å². The summed E-state index contributed by atoms with van der Waals surface area (Å²) in [5.41, 5.74) is 2.41. The predicted molar refractivity (Wildman–Crippen MR) is 125 cm³/mol. The van der Waals surface area contributed by atoms with Gasteiger partial charge in [-0.3, -0.25) is 10.1 Å². The smallest absolute Gasteiger partial charge is 0.257 e. The molecule has 0 saturated carbocycles. The van der Waals surface area contributed by atoms with E-state index in [1.807, 2.05) is 84.2 Å². The van der Waals surface area contributed by atoms with Gasteiger partial charge in [-0.1, -0.05) is 31.2 Å². The van der Waals surface area contributed by atoms with Gasteiger partial charge in [0.25, 0.3) is 5.91 Å². The van der Waals surface area contributed by atoms with E-state index in [4.69, 9.17) is 4.74 Å². The van der Waals surface area contributed by atoms with Crippen LogP contribution in [-0.4, -0.2) is 16.6 Å². The molecule has 0 fully saturated rings. The Morgan fingerprint density at radius 3 is 2.53 bits per heavy atom. The molecule has 4 aromatic rings. The van der Waals surface area contributed by atoms with Crippen LogP contribution in [0, 0.1) is 0 Å². The van der Waals surface area contributed by atoms with Crippen LogP contribution in [0.3, 0.4) is 0 Å². The number of nitrogens with one attached hydrogen (secondary N) is 1. The molecule has 0 aliphatic heterocycles. The number of hydrogen-bond donors (Lipinski definition) is 1. The molecule has 1 N–H and O–H groups in total. The normalized spacial score (nSPS) is 10.6. The van der Waals surface area contributed by atoms with Crippen molar-refractivity contribution in [3.05, 3.63) is 89.8 Å². The lowest BCUT2D eigenvalue weighted by Crippen LogP contribution is -2.11. The van der Waals surface area contributed by atoms with Crippen molar-refractivity contribution in [3.8, 4) is 22.8 Å². The fourth-order valence-electron chi connectivity index (χ4n) is 2.85. The van der Waals surface area contributed by atoms with Crippen molar-refractivity contribution >= 4 is 34.1 Å². The molecule has 0 spiro atoms. The van der Waals surface area contributed by atoms with Gasteiger partial charge in [0.1, 0.15) is 11.5 Å². The fourth-order valence-corrected chi connectivity index (χ4v) is 4.28. The van der Waals surface area contributed by atoms with Gasteiger partial charge in [-0.05, 0) is 60.4 Å². The first-order chi connectivity index (χ1) is 14.7. The lowest BCUT2D eigenvalue weighted by molar-refractivity contribution is 0.102.